The summed E-state index contributed by atoms with van der Waals surface area (Å²) in [7, 11) is 0. The van der Waals surface area contributed by atoms with Gasteiger partial charge in [-0.2, -0.15) is 0 Å². The van der Waals surface area contributed by atoms with E-state index in [1.807, 2.05) is 0 Å². The highest BCUT2D eigenvalue weighted by molar-refractivity contribution is 7.80. The molecule has 0 aromatic carbocycles. The number of rotatable bonds is 3. The molecule has 0 saturated heterocycles. The van der Waals surface area contributed by atoms with Gasteiger partial charge in [0.25, 0.3) is 0 Å². The predicted molar refractivity (Wildman–Crippen MR) is 39.2 cm³/mol. The second-order valence-electron chi connectivity index (χ2n) is 1.40. The smallest absolute Gasteiger partial charge is 0.184 e. The van der Waals surface area contributed by atoms with Crippen LogP contribution >= 0.6 is 12.2 Å². The zero-order valence-corrected chi connectivity index (χ0v) is 5.37. The largest absolute Gasteiger partial charge is 0.499 e. The van der Waals surface area contributed by atoms with Gasteiger partial charge in [-0.15, -0.1) is 6.58 Å². The summed E-state index contributed by atoms with van der Waals surface area (Å²) < 4.78 is 0. The Balaban J connectivity index is 3.65. The summed E-state index contributed by atoms with van der Waals surface area (Å²) in [5.41, 5.74) is 0.551. The van der Waals surface area contributed by atoms with Crippen LogP contribution in [0.4, 0.5) is 0 Å². The standard InChI is InChI=1S/C6H8OS/c1-3-4-5(2)6(7)8/h3H,1-2,4H2,(H,7,8). The minimum Gasteiger partial charge on any atom is -0.499 e. The molecule has 8 heavy (non-hydrogen) atoms. The Kier molecular flexibility index (Phi) is 3.12. The van der Waals surface area contributed by atoms with E-state index >= 15 is 0 Å². The van der Waals surface area contributed by atoms with Crippen molar-refractivity contribution in [2.75, 3.05) is 0 Å². The highest BCUT2D eigenvalue weighted by Crippen LogP contribution is 1.98. The van der Waals surface area contributed by atoms with Gasteiger partial charge in [0.05, 0.1) is 0 Å². The van der Waals surface area contributed by atoms with Crippen molar-refractivity contribution in [2.24, 2.45) is 0 Å². The summed E-state index contributed by atoms with van der Waals surface area (Å²) in [5.74, 6) is 0. The van der Waals surface area contributed by atoms with Crippen LogP contribution < -0.4 is 0 Å². The fourth-order valence-electron chi connectivity index (χ4n) is 0.262. The zero-order valence-electron chi connectivity index (χ0n) is 4.55. The van der Waals surface area contributed by atoms with Gasteiger partial charge in [0.1, 0.15) is 0 Å². The van der Waals surface area contributed by atoms with E-state index in [1.165, 1.54) is 0 Å². The average molecular weight is 128 g/mol. The first kappa shape index (κ1) is 7.37. The van der Waals surface area contributed by atoms with Gasteiger partial charge in [-0.3, -0.25) is 0 Å². The average Bonchev–Trinajstić information content (AvgIpc) is 1.67. The van der Waals surface area contributed by atoms with Crippen molar-refractivity contribution < 1.29 is 5.11 Å². The molecule has 0 aliphatic carbocycles. The molecule has 0 aromatic rings. The van der Waals surface area contributed by atoms with Crippen LogP contribution in [0.15, 0.2) is 24.8 Å². The van der Waals surface area contributed by atoms with Crippen LogP contribution in [0.2, 0.25) is 0 Å². The lowest BCUT2D eigenvalue weighted by Crippen LogP contribution is -1.93. The SMILES string of the molecule is C=CCC(=C)C(O)=S. The van der Waals surface area contributed by atoms with Gasteiger partial charge in [0.15, 0.2) is 5.05 Å². The topological polar surface area (TPSA) is 20.2 Å². The van der Waals surface area contributed by atoms with E-state index in [1.54, 1.807) is 6.08 Å². The molecule has 0 aliphatic rings. The van der Waals surface area contributed by atoms with Gasteiger partial charge >= 0.3 is 0 Å². The van der Waals surface area contributed by atoms with Crippen LogP contribution in [0.3, 0.4) is 0 Å². The van der Waals surface area contributed by atoms with E-state index < -0.39 is 0 Å². The van der Waals surface area contributed by atoms with Crippen LogP contribution in [-0.2, 0) is 0 Å². The minimum absolute atomic E-state index is 0.120. The molecule has 0 spiro atoms. The van der Waals surface area contributed by atoms with E-state index in [0.29, 0.717) is 12.0 Å². The Morgan fingerprint density at radius 2 is 2.25 bits per heavy atom. The number of allylic oxidation sites excluding steroid dienone is 1. The summed E-state index contributed by atoms with van der Waals surface area (Å²) in [6.45, 7) is 6.93. The molecule has 0 radical (unpaired) electrons. The summed E-state index contributed by atoms with van der Waals surface area (Å²) in [6, 6.07) is 0. The van der Waals surface area contributed by atoms with Crippen molar-refractivity contribution in [2.45, 2.75) is 6.42 Å². The first-order valence-corrected chi connectivity index (χ1v) is 2.61. The normalized spacial score (nSPS) is 8.00. The Bertz CT molecular complexity index is 126. The van der Waals surface area contributed by atoms with Crippen molar-refractivity contribution in [3.05, 3.63) is 24.8 Å². The quantitative estimate of drug-likeness (QED) is 0.356. The second-order valence-corrected chi connectivity index (χ2v) is 1.79. The lowest BCUT2D eigenvalue weighted by Gasteiger charge is -1.92. The summed E-state index contributed by atoms with van der Waals surface area (Å²) in [5, 5.41) is 8.42. The van der Waals surface area contributed by atoms with Gasteiger partial charge < -0.3 is 5.11 Å². The minimum atomic E-state index is -0.120. The molecule has 0 amide bonds. The maximum atomic E-state index is 8.54. The highest BCUT2D eigenvalue weighted by atomic mass is 32.1. The Morgan fingerprint density at radius 3 is 2.38 bits per heavy atom. The molecule has 0 fully saturated rings. The maximum absolute atomic E-state index is 8.54. The van der Waals surface area contributed by atoms with E-state index in [-0.39, 0.29) is 5.05 Å². The number of thiocarbonyl (C=S) groups is 1. The number of hydrogen-bond acceptors (Lipinski definition) is 1. The van der Waals surface area contributed by atoms with Gasteiger partial charge in [-0.25, -0.2) is 0 Å². The molecular formula is C6H8OS. The Labute approximate surface area is 54.3 Å². The molecule has 0 rings (SSSR count). The van der Waals surface area contributed by atoms with Gasteiger partial charge in [0, 0.05) is 5.57 Å². The molecule has 0 atom stereocenters. The zero-order chi connectivity index (χ0) is 6.57. The molecule has 0 unspecified atom stereocenters. The van der Waals surface area contributed by atoms with Crippen LogP contribution in [0.25, 0.3) is 0 Å². The van der Waals surface area contributed by atoms with Crippen LogP contribution in [0, 0.1) is 0 Å². The number of aliphatic hydroxyl groups is 1. The molecule has 0 bridgehead atoms. The van der Waals surface area contributed by atoms with Crippen molar-refractivity contribution in [1.82, 2.24) is 0 Å². The van der Waals surface area contributed by atoms with Gasteiger partial charge in [-0.1, -0.05) is 12.7 Å². The number of aliphatic hydroxyl groups excluding tert-OH is 1. The summed E-state index contributed by atoms with van der Waals surface area (Å²) >= 11 is 4.39. The summed E-state index contributed by atoms with van der Waals surface area (Å²) in [4.78, 5) is 0. The molecule has 2 heteroatoms. The summed E-state index contributed by atoms with van der Waals surface area (Å²) in [6.07, 6.45) is 2.21. The third-order valence-electron chi connectivity index (χ3n) is 0.693. The first-order valence-electron chi connectivity index (χ1n) is 2.20. The highest BCUT2D eigenvalue weighted by Gasteiger charge is 1.92. The third-order valence-corrected chi connectivity index (χ3v) is 0.982. The Morgan fingerprint density at radius 1 is 1.75 bits per heavy atom. The van der Waals surface area contributed by atoms with Crippen molar-refractivity contribution in [1.29, 1.82) is 0 Å². The van der Waals surface area contributed by atoms with E-state index in [4.69, 9.17) is 5.11 Å². The number of hydrogen-bond donors (Lipinski definition) is 1. The van der Waals surface area contributed by atoms with Crippen molar-refractivity contribution in [3.8, 4) is 0 Å². The Hall–Kier alpha value is -0.630. The van der Waals surface area contributed by atoms with Crippen LogP contribution in [-0.4, -0.2) is 10.2 Å². The molecule has 0 aliphatic heterocycles. The second kappa shape index (κ2) is 3.38. The van der Waals surface area contributed by atoms with Gasteiger partial charge in [0.2, 0.25) is 0 Å². The lowest BCUT2D eigenvalue weighted by atomic mass is 10.2. The van der Waals surface area contributed by atoms with E-state index in [2.05, 4.69) is 25.4 Å². The van der Waals surface area contributed by atoms with E-state index in [0.717, 1.165) is 0 Å². The van der Waals surface area contributed by atoms with E-state index in [9.17, 15) is 0 Å². The van der Waals surface area contributed by atoms with Gasteiger partial charge in [-0.05, 0) is 18.6 Å². The first-order chi connectivity index (χ1) is 3.68. The van der Waals surface area contributed by atoms with Crippen LogP contribution in [0.5, 0.6) is 0 Å². The molecule has 0 saturated carbocycles. The fraction of sp³-hybridized carbons (Fsp3) is 0.167. The lowest BCUT2D eigenvalue weighted by molar-refractivity contribution is 0.568. The van der Waals surface area contributed by atoms with Crippen LogP contribution in [0.1, 0.15) is 6.42 Å². The maximum Gasteiger partial charge on any atom is 0.184 e. The molecular weight excluding hydrogens is 120 g/mol. The molecule has 44 valence electrons. The monoisotopic (exact) mass is 128 g/mol. The van der Waals surface area contributed by atoms with Crippen molar-refractivity contribution in [3.63, 3.8) is 0 Å². The molecule has 1 N–H and O–H groups in total. The van der Waals surface area contributed by atoms with Crippen molar-refractivity contribution >= 4 is 17.3 Å². The molecule has 1 nitrogen and oxygen atoms in total. The predicted octanol–water partition coefficient (Wildman–Crippen LogP) is 2.00. The molecule has 0 aromatic heterocycles. The fourth-order valence-corrected chi connectivity index (χ4v) is 0.345. The molecule has 0 heterocycles. The third kappa shape index (κ3) is 2.53.